The number of carbonyl (C=O) groups excluding carboxylic acids is 1. The van der Waals surface area contributed by atoms with Crippen molar-refractivity contribution in [3.8, 4) is 22.6 Å². The zero-order valence-electron chi connectivity index (χ0n) is 23.2. The molecule has 0 aliphatic carbocycles. The second kappa shape index (κ2) is 11.6. The number of ether oxygens (including phenoxy) is 2. The molecule has 1 amide bonds. The minimum Gasteiger partial charge on any atom is -0.493 e. The summed E-state index contributed by atoms with van der Waals surface area (Å²) in [5.74, 6) is -2.27. The van der Waals surface area contributed by atoms with E-state index in [9.17, 15) is 35.9 Å². The highest BCUT2D eigenvalue weighted by atomic mass is 19.4. The SMILES string of the molecule is COc1cc(-c2cc(C(F)(F)F)cc3c2n(C)c(=O)n3CC(=O)Nc2cccc(C(F)(F)F)c2)cc(F)c1OCc1nnc[nH]1. The van der Waals surface area contributed by atoms with Crippen molar-refractivity contribution in [3.63, 3.8) is 0 Å². The van der Waals surface area contributed by atoms with Crippen LogP contribution in [0.1, 0.15) is 17.0 Å². The van der Waals surface area contributed by atoms with Crippen LogP contribution in [-0.4, -0.2) is 37.3 Å². The fourth-order valence-electron chi connectivity index (χ4n) is 4.67. The van der Waals surface area contributed by atoms with Crippen molar-refractivity contribution in [1.29, 1.82) is 0 Å². The van der Waals surface area contributed by atoms with Gasteiger partial charge in [0.25, 0.3) is 0 Å². The molecular formula is C28H21F7N6O4. The number of hydrogen-bond donors (Lipinski definition) is 2. The van der Waals surface area contributed by atoms with E-state index in [1.807, 2.05) is 0 Å². The molecule has 236 valence electrons. The Morgan fingerprint density at radius 3 is 2.40 bits per heavy atom. The number of carbonyl (C=O) groups is 1. The predicted octanol–water partition coefficient (Wildman–Crippen LogP) is 5.53. The highest BCUT2D eigenvalue weighted by Crippen LogP contribution is 2.41. The van der Waals surface area contributed by atoms with Crippen LogP contribution in [0.2, 0.25) is 0 Å². The van der Waals surface area contributed by atoms with Gasteiger partial charge in [0, 0.05) is 18.3 Å². The van der Waals surface area contributed by atoms with Gasteiger partial charge in [-0.15, -0.1) is 10.2 Å². The summed E-state index contributed by atoms with van der Waals surface area (Å²) in [4.78, 5) is 28.7. The first-order valence-electron chi connectivity index (χ1n) is 12.8. The van der Waals surface area contributed by atoms with Crippen LogP contribution in [-0.2, 0) is 37.3 Å². The number of aryl methyl sites for hydroxylation is 1. The van der Waals surface area contributed by atoms with Crippen molar-refractivity contribution in [3.05, 3.63) is 88.1 Å². The summed E-state index contributed by atoms with van der Waals surface area (Å²) in [7, 11) is 2.43. The van der Waals surface area contributed by atoms with E-state index in [1.165, 1.54) is 32.6 Å². The molecule has 0 saturated carbocycles. The van der Waals surface area contributed by atoms with Crippen LogP contribution in [0, 0.1) is 5.82 Å². The number of nitrogens with zero attached hydrogens (tertiary/aromatic N) is 4. The number of fused-ring (bicyclic) bond motifs is 1. The molecule has 0 bridgehead atoms. The summed E-state index contributed by atoms with van der Waals surface area (Å²) in [5.41, 5.74) is -4.18. The van der Waals surface area contributed by atoms with Gasteiger partial charge in [0.2, 0.25) is 5.91 Å². The lowest BCUT2D eigenvalue weighted by Gasteiger charge is -2.16. The number of alkyl halides is 6. The molecule has 0 fully saturated rings. The molecule has 5 aromatic rings. The Balaban J connectivity index is 1.58. The highest BCUT2D eigenvalue weighted by Gasteiger charge is 2.34. The Hall–Kier alpha value is -5.35. The van der Waals surface area contributed by atoms with E-state index >= 15 is 4.39 Å². The average Bonchev–Trinajstić information content (AvgIpc) is 3.58. The zero-order chi connectivity index (χ0) is 32.7. The van der Waals surface area contributed by atoms with Crippen molar-refractivity contribution in [1.82, 2.24) is 24.3 Å². The number of hydrogen-bond acceptors (Lipinski definition) is 6. The van der Waals surface area contributed by atoms with Gasteiger partial charge < -0.3 is 19.8 Å². The van der Waals surface area contributed by atoms with Gasteiger partial charge in [0.1, 0.15) is 19.5 Å². The maximum Gasteiger partial charge on any atom is 0.416 e. The molecule has 0 aliphatic rings. The van der Waals surface area contributed by atoms with E-state index in [2.05, 4.69) is 20.5 Å². The Labute approximate surface area is 248 Å². The molecule has 0 atom stereocenters. The van der Waals surface area contributed by atoms with Crippen LogP contribution in [0.15, 0.2) is 59.7 Å². The van der Waals surface area contributed by atoms with Crippen LogP contribution < -0.4 is 20.5 Å². The van der Waals surface area contributed by atoms with E-state index in [4.69, 9.17) is 9.47 Å². The maximum atomic E-state index is 15.3. The van der Waals surface area contributed by atoms with Crippen molar-refractivity contribution in [2.75, 3.05) is 12.4 Å². The van der Waals surface area contributed by atoms with E-state index in [0.29, 0.717) is 12.1 Å². The number of aromatic nitrogens is 5. The lowest BCUT2D eigenvalue weighted by molar-refractivity contribution is -0.138. The molecule has 0 unspecified atom stereocenters. The molecular weight excluding hydrogens is 617 g/mol. The Morgan fingerprint density at radius 2 is 1.76 bits per heavy atom. The molecule has 2 N–H and O–H groups in total. The van der Waals surface area contributed by atoms with Crippen molar-refractivity contribution in [2.45, 2.75) is 25.5 Å². The lowest BCUT2D eigenvalue weighted by atomic mass is 9.99. The molecule has 3 aromatic carbocycles. The quantitative estimate of drug-likeness (QED) is 0.216. The minimum atomic E-state index is -4.93. The largest absolute Gasteiger partial charge is 0.493 e. The van der Waals surface area contributed by atoms with Crippen LogP contribution >= 0.6 is 0 Å². The molecule has 0 saturated heterocycles. The molecule has 10 nitrogen and oxygen atoms in total. The van der Waals surface area contributed by atoms with Gasteiger partial charge >= 0.3 is 18.0 Å². The second-order valence-corrected chi connectivity index (χ2v) is 9.66. The lowest BCUT2D eigenvalue weighted by Crippen LogP contribution is -2.28. The van der Waals surface area contributed by atoms with Crippen LogP contribution in [0.25, 0.3) is 22.2 Å². The third kappa shape index (κ3) is 6.32. The van der Waals surface area contributed by atoms with E-state index in [1.54, 1.807) is 0 Å². The number of H-pyrrole nitrogens is 1. The summed E-state index contributed by atoms with van der Waals surface area (Å²) in [6.45, 7) is -1.08. The van der Waals surface area contributed by atoms with E-state index < -0.39 is 47.4 Å². The Morgan fingerprint density at radius 1 is 1.02 bits per heavy atom. The smallest absolute Gasteiger partial charge is 0.416 e. The minimum absolute atomic E-state index is 0.0864. The third-order valence-corrected chi connectivity index (χ3v) is 6.70. The molecule has 45 heavy (non-hydrogen) atoms. The van der Waals surface area contributed by atoms with Gasteiger partial charge in [-0.1, -0.05) is 6.07 Å². The van der Waals surface area contributed by atoms with Crippen molar-refractivity contribution < 1.29 is 45.0 Å². The highest BCUT2D eigenvalue weighted by molar-refractivity contribution is 5.96. The topological polar surface area (TPSA) is 116 Å². The Bertz CT molecular complexity index is 1950. The third-order valence-electron chi connectivity index (χ3n) is 6.70. The number of benzene rings is 3. The summed E-state index contributed by atoms with van der Waals surface area (Å²) in [6.07, 6.45) is -8.34. The average molecular weight is 638 g/mol. The zero-order valence-corrected chi connectivity index (χ0v) is 23.2. The number of imidazole rings is 1. The van der Waals surface area contributed by atoms with Gasteiger partial charge in [0.15, 0.2) is 23.1 Å². The van der Waals surface area contributed by atoms with Gasteiger partial charge in [0.05, 0.1) is 29.3 Å². The summed E-state index contributed by atoms with van der Waals surface area (Å²) >= 11 is 0. The van der Waals surface area contributed by atoms with E-state index in [0.717, 1.165) is 33.4 Å². The molecule has 0 aliphatic heterocycles. The van der Waals surface area contributed by atoms with Crippen molar-refractivity contribution >= 4 is 22.6 Å². The maximum absolute atomic E-state index is 15.3. The van der Waals surface area contributed by atoms with Crippen LogP contribution in [0.3, 0.4) is 0 Å². The number of aromatic amines is 1. The number of rotatable bonds is 8. The van der Waals surface area contributed by atoms with Gasteiger partial charge in [-0.05, 0) is 48.0 Å². The molecule has 5 rings (SSSR count). The molecule has 2 aromatic heterocycles. The van der Waals surface area contributed by atoms with Gasteiger partial charge in [-0.25, -0.2) is 9.18 Å². The molecule has 0 radical (unpaired) electrons. The summed E-state index contributed by atoms with van der Waals surface area (Å²) in [6, 6.07) is 7.19. The van der Waals surface area contributed by atoms with Crippen LogP contribution in [0.4, 0.5) is 36.4 Å². The van der Waals surface area contributed by atoms with Gasteiger partial charge in [-0.2, -0.15) is 26.3 Å². The number of methoxy groups -OCH3 is 1. The standard InChI is InChI=1S/C28H21F7N6O4/c1-40-24-18(14-6-19(29)25(21(7-14)44-2)45-12-22-36-13-37-39-22)9-16(28(33,34)35)10-20(24)41(26(40)43)11-23(42)38-17-5-3-4-15(8-17)27(30,31)32/h3-10,13H,11-12H2,1-2H3,(H,38,42)(H,36,37,39). The monoisotopic (exact) mass is 638 g/mol. The first-order valence-corrected chi connectivity index (χ1v) is 12.8. The summed E-state index contributed by atoms with van der Waals surface area (Å²) < 4.78 is 109. The second-order valence-electron chi connectivity index (χ2n) is 9.66. The molecule has 2 heterocycles. The predicted molar refractivity (Wildman–Crippen MR) is 145 cm³/mol. The normalized spacial score (nSPS) is 12.0. The molecule has 17 heteroatoms. The first kappa shape index (κ1) is 31.1. The first-order chi connectivity index (χ1) is 21.2. The number of amides is 1. The number of halogens is 7. The van der Waals surface area contributed by atoms with E-state index in [-0.39, 0.29) is 51.8 Å². The van der Waals surface area contributed by atoms with Crippen LogP contribution in [0.5, 0.6) is 11.5 Å². The van der Waals surface area contributed by atoms with Gasteiger partial charge in [-0.3, -0.25) is 13.9 Å². The van der Waals surface area contributed by atoms with Crippen molar-refractivity contribution in [2.24, 2.45) is 7.05 Å². The Kier molecular flexibility index (Phi) is 8.03. The number of nitrogens with one attached hydrogen (secondary N) is 2. The molecule has 0 spiro atoms. The summed E-state index contributed by atoms with van der Waals surface area (Å²) in [5, 5.41) is 9.52. The number of anilines is 1. The fourth-order valence-corrected chi connectivity index (χ4v) is 4.67. The fraction of sp³-hybridized carbons (Fsp3) is 0.214.